The van der Waals surface area contributed by atoms with Crippen LogP contribution in [0.25, 0.3) is 35.3 Å². The van der Waals surface area contributed by atoms with Crippen molar-refractivity contribution in [2.75, 3.05) is 0 Å². The summed E-state index contributed by atoms with van der Waals surface area (Å²) in [7, 11) is 0. The van der Waals surface area contributed by atoms with Crippen molar-refractivity contribution in [2.45, 2.75) is 0 Å². The van der Waals surface area contributed by atoms with Crippen LogP contribution in [0.3, 0.4) is 0 Å². The molecule has 0 aliphatic carbocycles. The van der Waals surface area contributed by atoms with Gasteiger partial charge in [-0.2, -0.15) is 0 Å². The number of H-pyrrole nitrogens is 1. The Morgan fingerprint density at radius 2 is 1.22 bits per heavy atom. The van der Waals surface area contributed by atoms with E-state index in [0.29, 0.717) is 0 Å². The highest BCUT2D eigenvalue weighted by Crippen LogP contribution is 2.15. The third-order valence-corrected chi connectivity index (χ3v) is 3.36. The molecule has 0 radical (unpaired) electrons. The summed E-state index contributed by atoms with van der Waals surface area (Å²) in [6.45, 7) is 0. The van der Waals surface area contributed by atoms with Crippen LogP contribution in [0.5, 0.6) is 0 Å². The molecule has 2 aromatic rings. The lowest BCUT2D eigenvalue weighted by molar-refractivity contribution is 1.23. The Labute approximate surface area is 132 Å². The lowest BCUT2D eigenvalue weighted by Crippen LogP contribution is -1.77. The van der Waals surface area contributed by atoms with Gasteiger partial charge in [-0.25, -0.2) is 9.97 Å². The minimum absolute atomic E-state index is 0.807. The number of hydrogen-bond donors (Lipinski definition) is 1. The number of fused-ring (bicyclic) bond motifs is 6. The number of nitrogens with zero attached hydrogens (tertiary/aromatic N) is 4. The van der Waals surface area contributed by atoms with Crippen molar-refractivity contribution in [3.63, 3.8) is 0 Å². The molecule has 110 valence electrons. The largest absolute Gasteiger partial charge is 0.354 e. The van der Waals surface area contributed by atoms with Crippen molar-refractivity contribution in [3.8, 4) is 0 Å². The first-order chi connectivity index (χ1) is 11.3. The maximum atomic E-state index is 4.57. The predicted octanol–water partition coefficient (Wildman–Crippen LogP) is 3.53. The minimum atomic E-state index is 0.807. The van der Waals surface area contributed by atoms with Gasteiger partial charge >= 0.3 is 0 Å². The van der Waals surface area contributed by atoms with E-state index < -0.39 is 0 Å². The molecule has 4 rings (SSSR count). The Bertz CT molecular complexity index is 983. The van der Waals surface area contributed by atoms with E-state index in [0.717, 1.165) is 33.8 Å². The zero-order valence-electron chi connectivity index (χ0n) is 12.2. The van der Waals surface area contributed by atoms with Gasteiger partial charge in [-0.3, -0.25) is 9.97 Å². The van der Waals surface area contributed by atoms with Gasteiger partial charge in [0.15, 0.2) is 0 Å². The van der Waals surface area contributed by atoms with Crippen LogP contribution in [-0.4, -0.2) is 24.9 Å². The lowest BCUT2D eigenvalue weighted by Gasteiger charge is -1.84. The summed E-state index contributed by atoms with van der Waals surface area (Å²) in [6.07, 6.45) is 14.5. The Hall–Kier alpha value is -3.34. The monoisotopic (exact) mass is 299 g/mol. The van der Waals surface area contributed by atoms with Gasteiger partial charge < -0.3 is 4.98 Å². The van der Waals surface area contributed by atoms with Crippen LogP contribution in [0.4, 0.5) is 0 Å². The van der Waals surface area contributed by atoms with Crippen LogP contribution in [0.2, 0.25) is 0 Å². The molecule has 2 aliphatic rings. The van der Waals surface area contributed by atoms with E-state index in [2.05, 4.69) is 24.9 Å². The average Bonchev–Trinajstić information content (AvgIpc) is 3.26. The van der Waals surface area contributed by atoms with E-state index in [4.69, 9.17) is 0 Å². The molecular formula is C18H13N5. The summed E-state index contributed by atoms with van der Waals surface area (Å²) >= 11 is 0. The van der Waals surface area contributed by atoms with E-state index >= 15 is 0 Å². The van der Waals surface area contributed by atoms with E-state index in [1.54, 1.807) is 24.8 Å². The Balaban J connectivity index is 1.94. The molecule has 0 amide bonds. The molecule has 5 heteroatoms. The van der Waals surface area contributed by atoms with Gasteiger partial charge in [-0.15, -0.1) is 0 Å². The zero-order chi connectivity index (χ0) is 15.5. The van der Waals surface area contributed by atoms with Crippen molar-refractivity contribution in [1.82, 2.24) is 24.9 Å². The average molecular weight is 299 g/mol. The molecule has 0 saturated carbocycles. The minimum Gasteiger partial charge on any atom is -0.354 e. The smallest absolute Gasteiger partial charge is 0.0820 e. The molecule has 1 N–H and O–H groups in total. The fourth-order valence-electron chi connectivity index (χ4n) is 2.32. The van der Waals surface area contributed by atoms with Crippen LogP contribution in [0.1, 0.15) is 22.8 Å². The fraction of sp³-hybridized carbons (Fsp3) is 0. The predicted molar refractivity (Wildman–Crippen MR) is 91.4 cm³/mol. The van der Waals surface area contributed by atoms with Gasteiger partial charge in [0.1, 0.15) is 0 Å². The van der Waals surface area contributed by atoms with Crippen molar-refractivity contribution < 1.29 is 0 Å². The second kappa shape index (κ2) is 5.81. The summed E-state index contributed by atoms with van der Waals surface area (Å²) in [5.74, 6) is 0. The van der Waals surface area contributed by atoms with E-state index in [1.807, 2.05) is 48.6 Å². The van der Waals surface area contributed by atoms with Crippen LogP contribution in [0.15, 0.2) is 49.1 Å². The number of aromatic amines is 1. The third-order valence-electron chi connectivity index (χ3n) is 3.36. The van der Waals surface area contributed by atoms with Crippen LogP contribution < -0.4 is 0 Å². The maximum Gasteiger partial charge on any atom is 0.0820 e. The summed E-state index contributed by atoms with van der Waals surface area (Å²) in [5.41, 5.74) is 5.37. The number of rotatable bonds is 0. The fourth-order valence-corrected chi connectivity index (χ4v) is 2.32. The quantitative estimate of drug-likeness (QED) is 0.539. The van der Waals surface area contributed by atoms with Gasteiger partial charge in [0.25, 0.3) is 0 Å². The van der Waals surface area contributed by atoms with Gasteiger partial charge in [0, 0.05) is 17.9 Å². The second-order valence-corrected chi connectivity index (χ2v) is 5.10. The van der Waals surface area contributed by atoms with E-state index in [1.165, 1.54) is 0 Å². The highest BCUT2D eigenvalue weighted by Gasteiger charge is 2.01. The van der Waals surface area contributed by atoms with Crippen molar-refractivity contribution in [1.29, 1.82) is 0 Å². The maximum absolute atomic E-state index is 4.57. The van der Waals surface area contributed by atoms with Crippen molar-refractivity contribution in [3.05, 3.63) is 71.8 Å². The summed E-state index contributed by atoms with van der Waals surface area (Å²) in [5, 5.41) is 0. The van der Waals surface area contributed by atoms with Crippen molar-refractivity contribution >= 4 is 35.3 Å². The van der Waals surface area contributed by atoms with Gasteiger partial charge in [-0.05, 0) is 48.6 Å². The summed E-state index contributed by atoms with van der Waals surface area (Å²) < 4.78 is 0. The van der Waals surface area contributed by atoms with Gasteiger partial charge in [-0.1, -0.05) is 0 Å². The molecule has 0 fully saturated rings. The topological polar surface area (TPSA) is 67.3 Å². The molecule has 2 aromatic heterocycles. The zero-order valence-corrected chi connectivity index (χ0v) is 12.2. The summed E-state index contributed by atoms with van der Waals surface area (Å²) in [6, 6.07) is 7.91. The normalized spacial score (nSPS) is 12.0. The molecule has 0 spiro atoms. The molecule has 0 atom stereocenters. The molecule has 0 unspecified atom stereocenters. The van der Waals surface area contributed by atoms with Crippen molar-refractivity contribution in [2.24, 2.45) is 0 Å². The molecule has 5 nitrogen and oxygen atoms in total. The van der Waals surface area contributed by atoms with E-state index in [-0.39, 0.29) is 0 Å². The SMILES string of the molecule is C1=Cc2cc3nc(cc4ccc(cnccncc1n2)[nH]4)C=C3. The molecule has 2 aliphatic heterocycles. The van der Waals surface area contributed by atoms with Gasteiger partial charge in [0.2, 0.25) is 0 Å². The Kier molecular flexibility index (Phi) is 3.37. The molecule has 23 heavy (non-hydrogen) atoms. The highest BCUT2D eigenvalue weighted by atomic mass is 14.8. The molecule has 0 aromatic carbocycles. The Morgan fingerprint density at radius 3 is 2.04 bits per heavy atom. The lowest BCUT2D eigenvalue weighted by atomic mass is 10.3. The van der Waals surface area contributed by atoms with Crippen LogP contribution in [-0.2, 0) is 0 Å². The van der Waals surface area contributed by atoms with Gasteiger partial charge in [0.05, 0.1) is 40.7 Å². The first kappa shape index (κ1) is 13.3. The number of nitrogens with one attached hydrogen (secondary N) is 1. The first-order valence-electron chi connectivity index (χ1n) is 7.22. The standard InChI is InChI=1S/C18H13N5/c1-2-14-10-16-4-6-18(23-16)12-20-8-7-19-11-17-5-3-15(22-17)9-13(1)21-14/h1-12,22H. The molecule has 4 heterocycles. The third kappa shape index (κ3) is 3.13. The van der Waals surface area contributed by atoms with E-state index in [9.17, 15) is 0 Å². The number of hydrogen-bond acceptors (Lipinski definition) is 4. The first-order valence-corrected chi connectivity index (χ1v) is 7.22. The molecular weight excluding hydrogens is 286 g/mol. The second-order valence-electron chi connectivity index (χ2n) is 5.10. The van der Waals surface area contributed by atoms with Crippen LogP contribution in [0, 0.1) is 0 Å². The molecule has 0 saturated heterocycles. The highest BCUT2D eigenvalue weighted by molar-refractivity contribution is 5.75. The number of aromatic nitrogens is 5. The molecule has 6 bridgehead atoms. The Morgan fingerprint density at radius 1 is 0.609 bits per heavy atom. The summed E-state index contributed by atoms with van der Waals surface area (Å²) in [4.78, 5) is 20.7. The van der Waals surface area contributed by atoms with Crippen LogP contribution >= 0.6 is 0 Å².